The maximum absolute atomic E-state index is 11.7. The van der Waals surface area contributed by atoms with Gasteiger partial charge in [0.15, 0.2) is 0 Å². The van der Waals surface area contributed by atoms with Crippen LogP contribution in [-0.2, 0) is 14.3 Å². The Hall–Kier alpha value is -1.62. The van der Waals surface area contributed by atoms with E-state index in [0.29, 0.717) is 12.2 Å². The average molecular weight is 326 g/mol. The summed E-state index contributed by atoms with van der Waals surface area (Å²) in [5.41, 5.74) is 0.566. The van der Waals surface area contributed by atoms with E-state index < -0.39 is 11.9 Å². The Morgan fingerprint density at radius 1 is 0.957 bits per heavy atom. The molecular weight excluding hydrogens is 296 g/mol. The number of unbranched alkanes of at least 4 members (excludes halogenated alkanes) is 5. The van der Waals surface area contributed by atoms with Crippen molar-refractivity contribution in [2.45, 2.75) is 71.8 Å². The Morgan fingerprint density at radius 2 is 1.48 bits per heavy atom. The molecule has 1 atom stereocenters. The summed E-state index contributed by atoms with van der Waals surface area (Å²) in [6.07, 6.45) is 9.79. The zero-order valence-electron chi connectivity index (χ0n) is 14.5. The second-order valence-corrected chi connectivity index (χ2v) is 5.90. The molecule has 5 heteroatoms. The third-order valence-corrected chi connectivity index (χ3v) is 3.49. The van der Waals surface area contributed by atoms with Gasteiger partial charge in [0.25, 0.3) is 0 Å². The Bertz CT molecular complexity index is 421. The van der Waals surface area contributed by atoms with Crippen molar-refractivity contribution in [1.29, 1.82) is 0 Å². The quantitative estimate of drug-likeness (QED) is 0.248. The van der Waals surface area contributed by atoms with Crippen molar-refractivity contribution in [2.75, 3.05) is 6.61 Å². The number of aliphatic hydroxyl groups is 1. The lowest BCUT2D eigenvalue weighted by Gasteiger charge is -2.05. The number of carbonyl (C=O) groups excluding carboxylic acids is 1. The molecule has 132 valence electrons. The number of carboxylic acid groups (broad SMARTS) is 1. The highest BCUT2D eigenvalue weighted by molar-refractivity contribution is 5.89. The van der Waals surface area contributed by atoms with Crippen molar-refractivity contribution in [1.82, 2.24) is 0 Å². The van der Waals surface area contributed by atoms with E-state index in [1.54, 1.807) is 6.92 Å². The fourth-order valence-electron chi connectivity index (χ4n) is 1.92. The summed E-state index contributed by atoms with van der Waals surface area (Å²) in [5.74, 6) is -1.41. The lowest BCUT2D eigenvalue weighted by Crippen LogP contribution is -2.07. The van der Waals surface area contributed by atoms with Gasteiger partial charge in [0, 0.05) is 11.1 Å². The summed E-state index contributed by atoms with van der Waals surface area (Å²) in [7, 11) is 0. The van der Waals surface area contributed by atoms with Crippen LogP contribution in [0.4, 0.5) is 0 Å². The zero-order valence-corrected chi connectivity index (χ0v) is 14.5. The zero-order chi connectivity index (χ0) is 17.7. The minimum Gasteiger partial charge on any atom is -0.478 e. The van der Waals surface area contributed by atoms with Gasteiger partial charge in [-0.3, -0.25) is 0 Å². The molecule has 0 aliphatic carbocycles. The van der Waals surface area contributed by atoms with Gasteiger partial charge in [-0.2, -0.15) is 0 Å². The fourth-order valence-corrected chi connectivity index (χ4v) is 1.92. The van der Waals surface area contributed by atoms with Crippen LogP contribution in [0.2, 0.25) is 0 Å². The predicted octanol–water partition coefficient (Wildman–Crippen LogP) is 3.62. The first-order valence-corrected chi connectivity index (χ1v) is 8.28. The third-order valence-electron chi connectivity index (χ3n) is 3.49. The Labute approximate surface area is 139 Å². The van der Waals surface area contributed by atoms with Crippen molar-refractivity contribution in [2.24, 2.45) is 0 Å². The first-order chi connectivity index (χ1) is 10.8. The van der Waals surface area contributed by atoms with E-state index in [2.05, 4.69) is 0 Å². The molecular formula is C18H30O5. The van der Waals surface area contributed by atoms with Gasteiger partial charge in [-0.25, -0.2) is 9.59 Å². The summed E-state index contributed by atoms with van der Waals surface area (Å²) in [5, 5.41) is 17.8. The van der Waals surface area contributed by atoms with Gasteiger partial charge in [-0.05, 0) is 33.6 Å². The number of aliphatic carboxylic acids is 1. The van der Waals surface area contributed by atoms with E-state index in [1.807, 2.05) is 6.92 Å². The molecule has 0 radical (unpaired) electrons. The number of hydrogen-bond donors (Lipinski definition) is 2. The van der Waals surface area contributed by atoms with Crippen LogP contribution in [0.1, 0.15) is 65.7 Å². The Morgan fingerprint density at radius 3 is 2.04 bits per heavy atom. The van der Waals surface area contributed by atoms with Crippen LogP contribution < -0.4 is 0 Å². The molecule has 0 aliphatic rings. The monoisotopic (exact) mass is 326 g/mol. The smallest absolute Gasteiger partial charge is 0.333 e. The number of aliphatic hydroxyl groups excluding tert-OH is 1. The molecule has 0 aromatic heterocycles. The third kappa shape index (κ3) is 12.6. The van der Waals surface area contributed by atoms with Crippen molar-refractivity contribution >= 4 is 11.9 Å². The molecule has 1 unspecified atom stereocenters. The first-order valence-electron chi connectivity index (χ1n) is 8.28. The maximum atomic E-state index is 11.7. The number of hydrogen-bond acceptors (Lipinski definition) is 4. The Balaban J connectivity index is 3.72. The number of carbonyl (C=O) groups is 2. The fraction of sp³-hybridized carbons (Fsp3) is 0.667. The number of ether oxygens (including phenoxy) is 1. The molecule has 2 N–H and O–H groups in total. The highest BCUT2D eigenvalue weighted by atomic mass is 16.5. The van der Waals surface area contributed by atoms with Gasteiger partial charge in [0.1, 0.15) is 0 Å². The van der Waals surface area contributed by atoms with Crippen molar-refractivity contribution in [3.05, 3.63) is 23.3 Å². The minimum atomic E-state index is -1.00. The van der Waals surface area contributed by atoms with E-state index in [1.165, 1.54) is 19.1 Å². The van der Waals surface area contributed by atoms with Gasteiger partial charge in [-0.15, -0.1) is 0 Å². The maximum Gasteiger partial charge on any atom is 0.333 e. The number of rotatable bonds is 12. The Kier molecular flexibility index (Phi) is 12.0. The molecule has 0 saturated carbocycles. The normalized spacial score (nSPS) is 13.7. The summed E-state index contributed by atoms with van der Waals surface area (Å²) >= 11 is 0. The predicted molar refractivity (Wildman–Crippen MR) is 90.1 cm³/mol. The lowest BCUT2D eigenvalue weighted by molar-refractivity contribution is -0.139. The van der Waals surface area contributed by atoms with E-state index in [4.69, 9.17) is 14.9 Å². The molecule has 0 heterocycles. The van der Waals surface area contributed by atoms with Crippen LogP contribution in [0.25, 0.3) is 0 Å². The van der Waals surface area contributed by atoms with E-state index in [9.17, 15) is 9.59 Å². The summed E-state index contributed by atoms with van der Waals surface area (Å²) in [4.78, 5) is 22.3. The van der Waals surface area contributed by atoms with Gasteiger partial charge in [0.2, 0.25) is 0 Å². The molecule has 0 aliphatic heterocycles. The van der Waals surface area contributed by atoms with Gasteiger partial charge in [0.05, 0.1) is 12.7 Å². The number of esters is 1. The highest BCUT2D eigenvalue weighted by Crippen LogP contribution is 2.09. The summed E-state index contributed by atoms with van der Waals surface area (Å²) in [6.45, 7) is 5.28. The molecule has 0 spiro atoms. The van der Waals surface area contributed by atoms with Crippen molar-refractivity contribution in [3.8, 4) is 0 Å². The molecule has 0 amide bonds. The SMILES string of the molecule is CC(=CC=C(C)C(=O)OCCCCCCCCC(C)O)C(=O)O. The average Bonchev–Trinajstić information content (AvgIpc) is 2.49. The second kappa shape index (κ2) is 12.9. The molecule has 0 bridgehead atoms. The molecule has 23 heavy (non-hydrogen) atoms. The van der Waals surface area contributed by atoms with Crippen LogP contribution in [-0.4, -0.2) is 34.9 Å². The first kappa shape index (κ1) is 21.4. The molecule has 0 rings (SSSR count). The number of allylic oxidation sites excluding steroid dienone is 2. The van der Waals surface area contributed by atoms with Crippen LogP contribution >= 0.6 is 0 Å². The largest absolute Gasteiger partial charge is 0.478 e. The lowest BCUT2D eigenvalue weighted by atomic mass is 10.1. The molecule has 0 aromatic rings. The summed E-state index contributed by atoms with van der Waals surface area (Å²) in [6, 6.07) is 0. The highest BCUT2D eigenvalue weighted by Gasteiger charge is 2.05. The van der Waals surface area contributed by atoms with Gasteiger partial charge >= 0.3 is 11.9 Å². The number of carboxylic acids is 1. The molecule has 0 aromatic carbocycles. The van der Waals surface area contributed by atoms with Crippen LogP contribution in [0, 0.1) is 0 Å². The standard InChI is InChI=1S/C18H30O5/c1-14(17(20)21)11-12-15(2)18(22)23-13-9-7-5-4-6-8-10-16(3)19/h11-12,16,19H,4-10,13H2,1-3H3,(H,20,21). The van der Waals surface area contributed by atoms with E-state index in [0.717, 1.165) is 44.9 Å². The molecule has 0 fully saturated rings. The van der Waals surface area contributed by atoms with Crippen LogP contribution in [0.3, 0.4) is 0 Å². The van der Waals surface area contributed by atoms with E-state index in [-0.39, 0.29) is 11.7 Å². The minimum absolute atomic E-state index is 0.174. The molecule has 0 saturated heterocycles. The topological polar surface area (TPSA) is 83.8 Å². The van der Waals surface area contributed by atoms with E-state index >= 15 is 0 Å². The second-order valence-electron chi connectivity index (χ2n) is 5.90. The summed E-state index contributed by atoms with van der Waals surface area (Å²) < 4.78 is 5.14. The van der Waals surface area contributed by atoms with Crippen LogP contribution in [0.15, 0.2) is 23.3 Å². The van der Waals surface area contributed by atoms with Crippen molar-refractivity contribution in [3.63, 3.8) is 0 Å². The van der Waals surface area contributed by atoms with Gasteiger partial charge < -0.3 is 14.9 Å². The van der Waals surface area contributed by atoms with Crippen molar-refractivity contribution < 1.29 is 24.5 Å². The van der Waals surface area contributed by atoms with Crippen LogP contribution in [0.5, 0.6) is 0 Å². The van der Waals surface area contributed by atoms with Gasteiger partial charge in [-0.1, -0.05) is 44.3 Å². The molecule has 5 nitrogen and oxygen atoms in total.